The number of nitrogens with one attached hydrogen (secondary N) is 1. The monoisotopic (exact) mass is 505 g/mol. The Morgan fingerprint density at radius 3 is 2.11 bits per heavy atom. The smallest absolute Gasteiger partial charge is 0.244 e. The molecular weight excluding hydrogens is 469 g/mol. The Bertz CT molecular complexity index is 1160. The highest BCUT2D eigenvalue weighted by Gasteiger charge is 2.33. The van der Waals surface area contributed by atoms with Crippen molar-refractivity contribution in [3.8, 4) is 0 Å². The number of amides is 2. The molecule has 1 N–H and O–H groups in total. The van der Waals surface area contributed by atoms with Gasteiger partial charge in [0, 0.05) is 12.1 Å². The molecule has 2 rings (SSSR count). The van der Waals surface area contributed by atoms with E-state index in [2.05, 4.69) is 5.32 Å². The van der Waals surface area contributed by atoms with E-state index in [4.69, 9.17) is 0 Å². The molecular formula is C26H36FN3O4S. The van der Waals surface area contributed by atoms with Crippen molar-refractivity contribution in [1.29, 1.82) is 0 Å². The fraction of sp³-hybridized carbons (Fsp3) is 0.462. The van der Waals surface area contributed by atoms with E-state index in [1.165, 1.54) is 17.0 Å². The summed E-state index contributed by atoms with van der Waals surface area (Å²) in [5, 5.41) is 2.90. The van der Waals surface area contributed by atoms with E-state index < -0.39 is 39.9 Å². The molecule has 7 nitrogen and oxygen atoms in total. The molecule has 2 aromatic carbocycles. The maximum Gasteiger partial charge on any atom is 0.244 e. The molecule has 2 aromatic rings. The molecule has 0 heterocycles. The minimum Gasteiger partial charge on any atom is -0.350 e. The lowest BCUT2D eigenvalue weighted by atomic mass is 10.1. The standard InChI is InChI=1S/C26H36FN3O4S/c1-8-23(25(32)28-26(4,5)6)29(16-20-10-12-21(27)13-11-20)24(31)17-30(35(7,33)34)22-14-9-18(2)19(3)15-22/h9-15,23H,8,16-17H2,1-7H3,(H,28,32)/t23-/m0/s1. The molecule has 9 heteroatoms. The highest BCUT2D eigenvalue weighted by atomic mass is 32.2. The zero-order valence-corrected chi connectivity index (χ0v) is 22.4. The van der Waals surface area contributed by atoms with E-state index in [9.17, 15) is 22.4 Å². The second-order valence-corrected chi connectivity index (χ2v) is 11.8. The molecule has 0 bridgehead atoms. The van der Waals surface area contributed by atoms with Crippen LogP contribution in [0.2, 0.25) is 0 Å². The van der Waals surface area contributed by atoms with Gasteiger partial charge in [0.25, 0.3) is 0 Å². The lowest BCUT2D eigenvalue weighted by molar-refractivity contribution is -0.141. The third-order valence-electron chi connectivity index (χ3n) is 5.61. The summed E-state index contributed by atoms with van der Waals surface area (Å²) in [4.78, 5) is 28.1. The average molecular weight is 506 g/mol. The zero-order valence-electron chi connectivity index (χ0n) is 21.6. The third-order valence-corrected chi connectivity index (χ3v) is 6.75. The Balaban J connectivity index is 2.47. The molecule has 0 spiro atoms. The van der Waals surface area contributed by atoms with Gasteiger partial charge >= 0.3 is 0 Å². The van der Waals surface area contributed by atoms with Crippen LogP contribution < -0.4 is 9.62 Å². The van der Waals surface area contributed by atoms with E-state index in [0.29, 0.717) is 17.7 Å². The van der Waals surface area contributed by atoms with E-state index >= 15 is 0 Å². The number of sulfonamides is 1. The van der Waals surface area contributed by atoms with Crippen LogP contribution in [0.1, 0.15) is 50.8 Å². The van der Waals surface area contributed by atoms with Gasteiger partial charge in [0.2, 0.25) is 21.8 Å². The molecule has 192 valence electrons. The van der Waals surface area contributed by atoms with Crippen molar-refractivity contribution >= 4 is 27.5 Å². The van der Waals surface area contributed by atoms with Gasteiger partial charge in [-0.25, -0.2) is 12.8 Å². The van der Waals surface area contributed by atoms with E-state index in [1.807, 2.05) is 34.6 Å². The molecule has 0 aliphatic carbocycles. The minimum absolute atomic E-state index is 0.0275. The summed E-state index contributed by atoms with van der Waals surface area (Å²) in [6.07, 6.45) is 1.36. The van der Waals surface area contributed by atoms with Crippen molar-refractivity contribution in [1.82, 2.24) is 10.2 Å². The summed E-state index contributed by atoms with van der Waals surface area (Å²) in [6, 6.07) is 9.99. The molecule has 0 aliphatic heterocycles. The summed E-state index contributed by atoms with van der Waals surface area (Å²) < 4.78 is 39.9. The van der Waals surface area contributed by atoms with Gasteiger partial charge in [-0.3, -0.25) is 13.9 Å². The number of hydrogen-bond acceptors (Lipinski definition) is 4. The maximum absolute atomic E-state index is 13.6. The number of aryl methyl sites for hydroxylation is 2. The molecule has 0 saturated heterocycles. The molecule has 0 aliphatic rings. The van der Waals surface area contributed by atoms with Crippen LogP contribution in [0.4, 0.5) is 10.1 Å². The van der Waals surface area contributed by atoms with Crippen LogP contribution in [-0.2, 0) is 26.2 Å². The first kappa shape index (κ1) is 28.3. The second kappa shape index (κ2) is 11.2. The van der Waals surface area contributed by atoms with Gasteiger partial charge in [-0.05, 0) is 82.0 Å². The number of benzene rings is 2. The van der Waals surface area contributed by atoms with Crippen molar-refractivity contribution in [2.75, 3.05) is 17.1 Å². The first-order chi connectivity index (χ1) is 16.1. The van der Waals surface area contributed by atoms with Crippen molar-refractivity contribution in [2.45, 2.75) is 66.1 Å². The SMILES string of the molecule is CC[C@@H](C(=O)NC(C)(C)C)N(Cc1ccc(F)cc1)C(=O)CN(c1ccc(C)c(C)c1)S(C)(=O)=O. The Labute approximate surface area is 208 Å². The molecule has 35 heavy (non-hydrogen) atoms. The predicted molar refractivity (Wildman–Crippen MR) is 137 cm³/mol. The van der Waals surface area contributed by atoms with Gasteiger partial charge in [0.1, 0.15) is 18.4 Å². The van der Waals surface area contributed by atoms with Gasteiger partial charge < -0.3 is 10.2 Å². The predicted octanol–water partition coefficient (Wildman–Crippen LogP) is 3.93. The van der Waals surface area contributed by atoms with Gasteiger partial charge in [-0.1, -0.05) is 25.1 Å². The van der Waals surface area contributed by atoms with Gasteiger partial charge in [0.15, 0.2) is 0 Å². The number of rotatable bonds is 9. The fourth-order valence-electron chi connectivity index (χ4n) is 3.65. The molecule has 1 atom stereocenters. The van der Waals surface area contributed by atoms with Gasteiger partial charge in [-0.15, -0.1) is 0 Å². The first-order valence-electron chi connectivity index (χ1n) is 11.5. The highest BCUT2D eigenvalue weighted by Crippen LogP contribution is 2.23. The third kappa shape index (κ3) is 8.06. The quantitative estimate of drug-likeness (QED) is 0.560. The van der Waals surface area contributed by atoms with Crippen LogP contribution in [0.15, 0.2) is 42.5 Å². The van der Waals surface area contributed by atoms with E-state index in [-0.39, 0.29) is 12.5 Å². The average Bonchev–Trinajstić information content (AvgIpc) is 2.73. The Morgan fingerprint density at radius 2 is 1.63 bits per heavy atom. The van der Waals surface area contributed by atoms with Gasteiger partial charge in [0.05, 0.1) is 11.9 Å². The van der Waals surface area contributed by atoms with Crippen molar-refractivity contribution in [3.05, 3.63) is 65.0 Å². The fourth-order valence-corrected chi connectivity index (χ4v) is 4.49. The second-order valence-electron chi connectivity index (χ2n) is 9.85. The van der Waals surface area contributed by atoms with Crippen molar-refractivity contribution in [2.24, 2.45) is 0 Å². The molecule has 2 amide bonds. The van der Waals surface area contributed by atoms with Crippen LogP contribution in [0.5, 0.6) is 0 Å². The Morgan fingerprint density at radius 1 is 1.03 bits per heavy atom. The summed E-state index contributed by atoms with van der Waals surface area (Å²) in [7, 11) is -3.80. The lowest BCUT2D eigenvalue weighted by Crippen LogP contribution is -2.55. The topological polar surface area (TPSA) is 86.8 Å². The lowest BCUT2D eigenvalue weighted by Gasteiger charge is -2.34. The molecule has 0 radical (unpaired) electrons. The summed E-state index contributed by atoms with van der Waals surface area (Å²) in [6.45, 7) is 10.7. The van der Waals surface area contributed by atoms with Crippen molar-refractivity contribution in [3.63, 3.8) is 0 Å². The van der Waals surface area contributed by atoms with Gasteiger partial charge in [-0.2, -0.15) is 0 Å². The maximum atomic E-state index is 13.6. The number of hydrogen-bond donors (Lipinski definition) is 1. The summed E-state index contributed by atoms with van der Waals surface area (Å²) in [5.74, 6) is -1.29. The number of nitrogens with zero attached hydrogens (tertiary/aromatic N) is 2. The first-order valence-corrected chi connectivity index (χ1v) is 13.4. The molecule has 0 fully saturated rings. The number of anilines is 1. The number of carbonyl (C=O) groups is 2. The van der Waals surface area contributed by atoms with E-state index in [0.717, 1.165) is 21.7 Å². The number of halogens is 1. The largest absolute Gasteiger partial charge is 0.350 e. The zero-order chi connectivity index (χ0) is 26.6. The Hall–Kier alpha value is -2.94. The van der Waals surface area contributed by atoms with Crippen LogP contribution in [0, 0.1) is 19.7 Å². The van der Waals surface area contributed by atoms with Crippen LogP contribution >= 0.6 is 0 Å². The molecule has 0 aromatic heterocycles. The molecule has 0 unspecified atom stereocenters. The molecule has 0 saturated carbocycles. The highest BCUT2D eigenvalue weighted by molar-refractivity contribution is 7.92. The summed E-state index contributed by atoms with van der Waals surface area (Å²) in [5.41, 5.74) is 2.36. The van der Waals surface area contributed by atoms with Crippen LogP contribution in [0.25, 0.3) is 0 Å². The number of carbonyl (C=O) groups excluding carboxylic acids is 2. The summed E-state index contributed by atoms with van der Waals surface area (Å²) >= 11 is 0. The minimum atomic E-state index is -3.80. The normalized spacial score (nSPS) is 12.7. The van der Waals surface area contributed by atoms with Crippen LogP contribution in [-0.4, -0.2) is 49.5 Å². The van der Waals surface area contributed by atoms with Crippen LogP contribution in [0.3, 0.4) is 0 Å². The van der Waals surface area contributed by atoms with E-state index in [1.54, 1.807) is 37.3 Å². The Kier molecular flexibility index (Phi) is 9.06. The van der Waals surface area contributed by atoms with Crippen molar-refractivity contribution < 1.29 is 22.4 Å².